The largest absolute Gasteiger partial charge is 0.326 e. The summed E-state index contributed by atoms with van der Waals surface area (Å²) in [5, 5.41) is 6.45. The zero-order valence-corrected chi connectivity index (χ0v) is 16.7. The number of rotatable bonds is 4. The van der Waals surface area contributed by atoms with Gasteiger partial charge >= 0.3 is 0 Å². The summed E-state index contributed by atoms with van der Waals surface area (Å²) in [4.78, 5) is 22.0. The van der Waals surface area contributed by atoms with Gasteiger partial charge in [-0.05, 0) is 100 Å². The first-order valence-electron chi connectivity index (χ1n) is 10.5. The molecule has 6 rings (SSSR count). The molecule has 0 radical (unpaired) electrons. The van der Waals surface area contributed by atoms with E-state index in [1.165, 1.54) is 19.3 Å². The standard InChI is InChI=1S/C23H28N4O/c1-14-7-15(2)25-22(24-14)27-20-5-3-19(4-6-20)26-21(28)23-11-16-8-17(12-23)10-18(9-16)13-23/h3-7,16-18H,8-13H2,1-2H3,(H,26,28)(H,24,25,27). The maximum atomic E-state index is 13.2. The molecule has 146 valence electrons. The monoisotopic (exact) mass is 376 g/mol. The molecule has 0 saturated heterocycles. The Bertz CT molecular complexity index is 850. The molecule has 0 spiro atoms. The van der Waals surface area contributed by atoms with Crippen molar-refractivity contribution in [3.8, 4) is 0 Å². The predicted molar refractivity (Wildman–Crippen MR) is 110 cm³/mol. The first-order chi connectivity index (χ1) is 13.5. The van der Waals surface area contributed by atoms with Crippen LogP contribution in [-0.2, 0) is 4.79 Å². The number of aromatic nitrogens is 2. The van der Waals surface area contributed by atoms with Crippen LogP contribution in [0.25, 0.3) is 0 Å². The van der Waals surface area contributed by atoms with Gasteiger partial charge in [-0.1, -0.05) is 0 Å². The Labute approximate surface area is 166 Å². The quantitative estimate of drug-likeness (QED) is 0.789. The fraction of sp³-hybridized carbons (Fsp3) is 0.522. The molecule has 5 heteroatoms. The van der Waals surface area contributed by atoms with Crippen LogP contribution in [0.15, 0.2) is 30.3 Å². The van der Waals surface area contributed by atoms with Gasteiger partial charge in [0.25, 0.3) is 0 Å². The number of nitrogens with zero attached hydrogens (tertiary/aromatic N) is 2. The van der Waals surface area contributed by atoms with Gasteiger partial charge in [-0.3, -0.25) is 4.79 Å². The lowest BCUT2D eigenvalue weighted by molar-refractivity contribution is -0.140. The summed E-state index contributed by atoms with van der Waals surface area (Å²) in [7, 11) is 0. The van der Waals surface area contributed by atoms with Crippen molar-refractivity contribution in [2.45, 2.75) is 52.4 Å². The predicted octanol–water partition coefficient (Wildman–Crippen LogP) is 4.99. The number of carbonyl (C=O) groups excluding carboxylic acids is 1. The molecule has 1 aromatic heterocycles. The zero-order valence-electron chi connectivity index (χ0n) is 16.7. The Hall–Kier alpha value is -2.43. The highest BCUT2D eigenvalue weighted by atomic mass is 16.2. The zero-order chi connectivity index (χ0) is 19.3. The highest BCUT2D eigenvalue weighted by Gasteiger charge is 2.54. The van der Waals surface area contributed by atoms with E-state index in [0.717, 1.165) is 59.8 Å². The molecule has 1 aromatic carbocycles. The summed E-state index contributed by atoms with van der Waals surface area (Å²) in [5.74, 6) is 3.18. The third-order valence-corrected chi connectivity index (χ3v) is 6.90. The van der Waals surface area contributed by atoms with Gasteiger partial charge in [0.15, 0.2) is 0 Å². The second-order valence-electron chi connectivity index (χ2n) is 9.33. The van der Waals surface area contributed by atoms with Crippen LogP contribution in [0.1, 0.15) is 49.9 Å². The number of benzene rings is 1. The Morgan fingerprint density at radius 3 is 1.93 bits per heavy atom. The first kappa shape index (κ1) is 17.7. The molecular weight excluding hydrogens is 348 g/mol. The van der Waals surface area contributed by atoms with Crippen molar-refractivity contribution >= 4 is 23.2 Å². The van der Waals surface area contributed by atoms with Gasteiger partial charge in [0, 0.05) is 22.8 Å². The lowest BCUT2D eigenvalue weighted by Gasteiger charge is -2.55. The van der Waals surface area contributed by atoms with Crippen LogP contribution in [0.3, 0.4) is 0 Å². The maximum absolute atomic E-state index is 13.2. The average molecular weight is 377 g/mol. The number of aryl methyl sites for hydroxylation is 2. The van der Waals surface area contributed by atoms with Gasteiger partial charge in [-0.2, -0.15) is 0 Å². The van der Waals surface area contributed by atoms with E-state index >= 15 is 0 Å². The number of nitrogens with one attached hydrogen (secondary N) is 2. The summed E-state index contributed by atoms with van der Waals surface area (Å²) in [5.41, 5.74) is 3.55. The molecule has 0 atom stereocenters. The Morgan fingerprint density at radius 1 is 0.893 bits per heavy atom. The van der Waals surface area contributed by atoms with E-state index in [-0.39, 0.29) is 11.3 Å². The molecule has 1 amide bonds. The van der Waals surface area contributed by atoms with Crippen LogP contribution in [0, 0.1) is 37.0 Å². The highest BCUT2D eigenvalue weighted by molar-refractivity contribution is 5.95. The molecule has 5 nitrogen and oxygen atoms in total. The van der Waals surface area contributed by atoms with E-state index in [1.807, 2.05) is 44.2 Å². The van der Waals surface area contributed by atoms with E-state index in [2.05, 4.69) is 20.6 Å². The molecule has 4 saturated carbocycles. The molecule has 2 aromatic rings. The van der Waals surface area contributed by atoms with Crippen LogP contribution in [0.5, 0.6) is 0 Å². The average Bonchev–Trinajstić information content (AvgIpc) is 2.61. The van der Waals surface area contributed by atoms with Crippen LogP contribution in [-0.4, -0.2) is 15.9 Å². The number of hydrogen-bond acceptors (Lipinski definition) is 4. The van der Waals surface area contributed by atoms with E-state index in [9.17, 15) is 4.79 Å². The van der Waals surface area contributed by atoms with Gasteiger partial charge in [0.2, 0.25) is 11.9 Å². The Morgan fingerprint density at radius 2 is 1.39 bits per heavy atom. The van der Waals surface area contributed by atoms with Crippen LogP contribution in [0.2, 0.25) is 0 Å². The van der Waals surface area contributed by atoms with Crippen molar-refractivity contribution in [2.24, 2.45) is 23.2 Å². The minimum Gasteiger partial charge on any atom is -0.326 e. The lowest BCUT2D eigenvalue weighted by atomic mass is 9.49. The van der Waals surface area contributed by atoms with Gasteiger partial charge in [-0.25, -0.2) is 9.97 Å². The van der Waals surface area contributed by atoms with Crippen molar-refractivity contribution in [1.82, 2.24) is 9.97 Å². The molecule has 1 heterocycles. The maximum Gasteiger partial charge on any atom is 0.230 e. The number of hydrogen-bond donors (Lipinski definition) is 2. The number of amides is 1. The minimum absolute atomic E-state index is 0.112. The van der Waals surface area contributed by atoms with Crippen molar-refractivity contribution in [2.75, 3.05) is 10.6 Å². The van der Waals surface area contributed by atoms with Gasteiger partial charge in [0.1, 0.15) is 0 Å². The Balaban J connectivity index is 1.27. The van der Waals surface area contributed by atoms with Crippen LogP contribution >= 0.6 is 0 Å². The second-order valence-corrected chi connectivity index (χ2v) is 9.33. The first-order valence-corrected chi connectivity index (χ1v) is 10.5. The van der Waals surface area contributed by atoms with Gasteiger partial charge in [-0.15, -0.1) is 0 Å². The molecule has 28 heavy (non-hydrogen) atoms. The number of carbonyl (C=O) groups is 1. The normalized spacial score (nSPS) is 30.3. The van der Waals surface area contributed by atoms with E-state index < -0.39 is 0 Å². The fourth-order valence-corrected chi connectivity index (χ4v) is 6.20. The Kier molecular flexibility index (Phi) is 4.14. The SMILES string of the molecule is Cc1cc(C)nc(Nc2ccc(NC(=O)C34CC5CC(CC(C5)C3)C4)cc2)n1. The van der Waals surface area contributed by atoms with E-state index in [0.29, 0.717) is 5.95 Å². The lowest BCUT2D eigenvalue weighted by Crippen LogP contribution is -2.51. The summed E-state index contributed by atoms with van der Waals surface area (Å²) >= 11 is 0. The molecule has 0 unspecified atom stereocenters. The van der Waals surface area contributed by atoms with Crippen LogP contribution < -0.4 is 10.6 Å². The molecule has 4 aliphatic rings. The van der Waals surface area contributed by atoms with Gasteiger partial charge < -0.3 is 10.6 Å². The van der Waals surface area contributed by atoms with E-state index in [1.54, 1.807) is 0 Å². The topological polar surface area (TPSA) is 66.9 Å². The molecule has 4 bridgehead atoms. The van der Waals surface area contributed by atoms with Crippen molar-refractivity contribution in [3.63, 3.8) is 0 Å². The summed E-state index contributed by atoms with van der Waals surface area (Å²) < 4.78 is 0. The second kappa shape index (κ2) is 6.57. The van der Waals surface area contributed by atoms with Crippen molar-refractivity contribution in [1.29, 1.82) is 0 Å². The molecule has 4 aliphatic carbocycles. The summed E-state index contributed by atoms with van der Waals surface area (Å²) in [6.45, 7) is 3.92. The third-order valence-electron chi connectivity index (χ3n) is 6.90. The molecular formula is C23H28N4O. The molecule has 2 N–H and O–H groups in total. The minimum atomic E-state index is -0.112. The highest BCUT2D eigenvalue weighted by Crippen LogP contribution is 2.60. The summed E-state index contributed by atoms with van der Waals surface area (Å²) in [6.07, 6.45) is 7.34. The van der Waals surface area contributed by atoms with E-state index in [4.69, 9.17) is 0 Å². The third kappa shape index (κ3) is 3.27. The van der Waals surface area contributed by atoms with Gasteiger partial charge in [0.05, 0.1) is 5.41 Å². The van der Waals surface area contributed by atoms with Crippen molar-refractivity contribution in [3.05, 3.63) is 41.7 Å². The summed E-state index contributed by atoms with van der Waals surface area (Å²) in [6, 6.07) is 9.81. The number of anilines is 3. The molecule has 4 fully saturated rings. The smallest absolute Gasteiger partial charge is 0.230 e. The fourth-order valence-electron chi connectivity index (χ4n) is 6.20. The van der Waals surface area contributed by atoms with Crippen LogP contribution in [0.4, 0.5) is 17.3 Å². The van der Waals surface area contributed by atoms with Crippen molar-refractivity contribution < 1.29 is 4.79 Å². The molecule has 0 aliphatic heterocycles.